The number of hydrogen-bond acceptors (Lipinski definition) is 4. The fourth-order valence-corrected chi connectivity index (χ4v) is 4.59. The first-order valence-corrected chi connectivity index (χ1v) is 12.0. The Morgan fingerprint density at radius 1 is 1.06 bits per heavy atom. The molecule has 0 aliphatic carbocycles. The SMILES string of the molecule is Cc1ccc(CNC(=O)[C@@]2(C)CN(S(C)(=O)=O)CC(=O)N2Cc2cccc(C)c2)cc1. The minimum absolute atomic E-state index is 0.0941. The first kappa shape index (κ1) is 23.0. The quantitative estimate of drug-likeness (QED) is 0.740. The molecule has 1 fully saturated rings. The Morgan fingerprint density at radius 2 is 1.74 bits per heavy atom. The largest absolute Gasteiger partial charge is 0.350 e. The third kappa shape index (κ3) is 5.32. The molecule has 1 aliphatic rings. The van der Waals surface area contributed by atoms with Gasteiger partial charge in [0, 0.05) is 19.6 Å². The summed E-state index contributed by atoms with van der Waals surface area (Å²) in [7, 11) is -3.63. The van der Waals surface area contributed by atoms with Crippen LogP contribution in [0.3, 0.4) is 0 Å². The summed E-state index contributed by atoms with van der Waals surface area (Å²) in [6, 6.07) is 15.5. The maximum Gasteiger partial charge on any atom is 0.247 e. The molecule has 1 N–H and O–H groups in total. The summed E-state index contributed by atoms with van der Waals surface area (Å²) in [6.45, 7) is 5.73. The van der Waals surface area contributed by atoms with Crippen molar-refractivity contribution in [3.8, 4) is 0 Å². The lowest BCUT2D eigenvalue weighted by molar-refractivity contribution is -0.153. The number of benzene rings is 2. The van der Waals surface area contributed by atoms with Gasteiger partial charge in [-0.3, -0.25) is 9.59 Å². The lowest BCUT2D eigenvalue weighted by Crippen LogP contribution is -2.69. The maximum absolute atomic E-state index is 13.3. The number of rotatable bonds is 6. The van der Waals surface area contributed by atoms with Crippen LogP contribution in [0.4, 0.5) is 0 Å². The number of piperazine rings is 1. The zero-order valence-corrected chi connectivity index (χ0v) is 19.2. The molecular weight excluding hydrogens is 414 g/mol. The van der Waals surface area contributed by atoms with Gasteiger partial charge in [0.2, 0.25) is 21.8 Å². The van der Waals surface area contributed by atoms with Gasteiger partial charge < -0.3 is 10.2 Å². The van der Waals surface area contributed by atoms with E-state index in [1.165, 1.54) is 4.90 Å². The summed E-state index contributed by atoms with van der Waals surface area (Å²) in [4.78, 5) is 27.8. The average molecular weight is 444 g/mol. The van der Waals surface area contributed by atoms with Crippen molar-refractivity contribution in [3.63, 3.8) is 0 Å². The topological polar surface area (TPSA) is 86.8 Å². The van der Waals surface area contributed by atoms with Crippen molar-refractivity contribution < 1.29 is 18.0 Å². The number of carbonyl (C=O) groups excluding carboxylic acids is 2. The summed E-state index contributed by atoms with van der Waals surface area (Å²) < 4.78 is 25.5. The van der Waals surface area contributed by atoms with Crippen molar-refractivity contribution in [3.05, 3.63) is 70.8 Å². The Bertz CT molecular complexity index is 1080. The summed E-state index contributed by atoms with van der Waals surface area (Å²) in [5.74, 6) is -0.784. The number of sulfonamides is 1. The third-order valence-corrected chi connectivity index (χ3v) is 6.84. The highest BCUT2D eigenvalue weighted by Crippen LogP contribution is 2.27. The van der Waals surface area contributed by atoms with E-state index in [0.29, 0.717) is 6.54 Å². The maximum atomic E-state index is 13.3. The molecule has 1 saturated heterocycles. The second-order valence-corrected chi connectivity index (χ2v) is 10.4. The van der Waals surface area contributed by atoms with Gasteiger partial charge in [-0.2, -0.15) is 4.31 Å². The smallest absolute Gasteiger partial charge is 0.247 e. The Balaban J connectivity index is 1.88. The normalized spacial score (nSPS) is 20.0. The van der Waals surface area contributed by atoms with E-state index in [1.54, 1.807) is 6.92 Å². The second-order valence-electron chi connectivity index (χ2n) is 8.44. The molecule has 3 rings (SSSR count). The van der Waals surface area contributed by atoms with Crippen LogP contribution in [0.2, 0.25) is 0 Å². The molecule has 7 nitrogen and oxygen atoms in total. The van der Waals surface area contributed by atoms with Crippen LogP contribution in [0, 0.1) is 13.8 Å². The predicted molar refractivity (Wildman–Crippen MR) is 120 cm³/mol. The van der Waals surface area contributed by atoms with Crippen molar-refractivity contribution in [2.75, 3.05) is 19.3 Å². The molecule has 1 aliphatic heterocycles. The lowest BCUT2D eigenvalue weighted by Gasteiger charge is -2.46. The van der Waals surface area contributed by atoms with Gasteiger partial charge in [-0.05, 0) is 31.9 Å². The molecule has 166 valence electrons. The van der Waals surface area contributed by atoms with Gasteiger partial charge in [0.1, 0.15) is 5.54 Å². The Labute approximate surface area is 184 Å². The van der Waals surface area contributed by atoms with Gasteiger partial charge in [0.15, 0.2) is 0 Å². The van der Waals surface area contributed by atoms with E-state index in [4.69, 9.17) is 0 Å². The molecule has 1 atom stereocenters. The number of hydrogen-bond donors (Lipinski definition) is 1. The molecule has 2 aromatic rings. The second kappa shape index (κ2) is 8.80. The minimum atomic E-state index is -3.63. The van der Waals surface area contributed by atoms with Crippen molar-refractivity contribution in [2.45, 2.75) is 39.4 Å². The van der Waals surface area contributed by atoms with Gasteiger partial charge in [-0.25, -0.2) is 8.42 Å². The van der Waals surface area contributed by atoms with Gasteiger partial charge in [-0.15, -0.1) is 0 Å². The Morgan fingerprint density at radius 3 is 2.35 bits per heavy atom. The van der Waals surface area contributed by atoms with Gasteiger partial charge in [0.25, 0.3) is 0 Å². The summed E-state index contributed by atoms with van der Waals surface area (Å²) in [5.41, 5.74) is 2.64. The van der Waals surface area contributed by atoms with Crippen LogP contribution in [-0.4, -0.2) is 54.3 Å². The molecule has 2 aromatic carbocycles. The zero-order valence-electron chi connectivity index (χ0n) is 18.4. The zero-order chi connectivity index (χ0) is 22.8. The van der Waals surface area contributed by atoms with Crippen LogP contribution in [0.25, 0.3) is 0 Å². The minimum Gasteiger partial charge on any atom is -0.350 e. The van der Waals surface area contributed by atoms with Crippen molar-refractivity contribution in [1.29, 1.82) is 0 Å². The first-order chi connectivity index (χ1) is 14.5. The van der Waals surface area contributed by atoms with Gasteiger partial charge in [-0.1, -0.05) is 59.7 Å². The van der Waals surface area contributed by atoms with E-state index in [9.17, 15) is 18.0 Å². The summed E-state index contributed by atoms with van der Waals surface area (Å²) in [5, 5.41) is 2.89. The monoisotopic (exact) mass is 443 g/mol. The summed E-state index contributed by atoms with van der Waals surface area (Å²) >= 11 is 0. The van der Waals surface area contributed by atoms with Crippen LogP contribution in [-0.2, 0) is 32.7 Å². The molecule has 2 amide bonds. The van der Waals surface area contributed by atoms with Crippen molar-refractivity contribution >= 4 is 21.8 Å². The van der Waals surface area contributed by atoms with Crippen LogP contribution in [0.1, 0.15) is 29.2 Å². The van der Waals surface area contributed by atoms with Crippen LogP contribution in [0.5, 0.6) is 0 Å². The number of amides is 2. The van der Waals surface area contributed by atoms with Crippen molar-refractivity contribution in [1.82, 2.24) is 14.5 Å². The molecule has 31 heavy (non-hydrogen) atoms. The van der Waals surface area contributed by atoms with E-state index in [1.807, 2.05) is 62.4 Å². The Kier molecular flexibility index (Phi) is 6.52. The van der Waals surface area contributed by atoms with Gasteiger partial charge in [0.05, 0.1) is 12.8 Å². The molecule has 8 heteroatoms. The van der Waals surface area contributed by atoms with E-state index >= 15 is 0 Å². The number of nitrogens with one attached hydrogen (secondary N) is 1. The highest BCUT2D eigenvalue weighted by atomic mass is 32.2. The fourth-order valence-electron chi connectivity index (χ4n) is 3.76. The first-order valence-electron chi connectivity index (χ1n) is 10.1. The number of aryl methyl sites for hydroxylation is 2. The highest BCUT2D eigenvalue weighted by molar-refractivity contribution is 7.88. The van der Waals surface area contributed by atoms with Crippen LogP contribution in [0.15, 0.2) is 48.5 Å². The predicted octanol–water partition coefficient (Wildman–Crippen LogP) is 1.98. The van der Waals surface area contributed by atoms with Gasteiger partial charge >= 0.3 is 0 Å². The molecule has 0 spiro atoms. The molecule has 0 aromatic heterocycles. The lowest BCUT2D eigenvalue weighted by atomic mass is 9.94. The van der Waals surface area contributed by atoms with E-state index in [0.717, 1.165) is 32.8 Å². The Hall–Kier alpha value is -2.71. The molecular formula is C23H29N3O4S. The molecule has 0 bridgehead atoms. The summed E-state index contributed by atoms with van der Waals surface area (Å²) in [6.07, 6.45) is 1.06. The van der Waals surface area contributed by atoms with Crippen molar-refractivity contribution in [2.24, 2.45) is 0 Å². The number of carbonyl (C=O) groups is 2. The molecule has 0 radical (unpaired) electrons. The average Bonchev–Trinajstić information content (AvgIpc) is 2.69. The van der Waals surface area contributed by atoms with Crippen LogP contribution < -0.4 is 5.32 Å². The standard InChI is InChI=1S/C23H29N3O4S/c1-17-8-10-19(11-9-17)13-24-22(28)23(3)16-25(31(4,29)30)15-21(27)26(23)14-20-7-5-6-18(2)12-20/h5-12H,13-16H2,1-4H3,(H,24,28)/t23-/m1/s1. The molecule has 0 unspecified atom stereocenters. The van der Waals surface area contributed by atoms with E-state index < -0.39 is 21.5 Å². The number of nitrogens with zero attached hydrogens (tertiary/aromatic N) is 2. The highest BCUT2D eigenvalue weighted by Gasteiger charge is 2.49. The third-order valence-electron chi connectivity index (χ3n) is 5.65. The van der Waals surface area contributed by atoms with Crippen LogP contribution >= 0.6 is 0 Å². The molecule has 0 saturated carbocycles. The fraction of sp³-hybridized carbons (Fsp3) is 0.391. The van der Waals surface area contributed by atoms with E-state index in [2.05, 4.69) is 5.32 Å². The van der Waals surface area contributed by atoms with E-state index in [-0.39, 0.29) is 25.5 Å². The molecule has 1 heterocycles.